The summed E-state index contributed by atoms with van der Waals surface area (Å²) in [5, 5.41) is 4.53. The Bertz CT molecular complexity index is 586. The SMILES string of the molecule is O=C(COc1ccccc1)Cc1ccn(C2CCCC2)n1. The molecule has 1 saturated carbocycles. The Kier molecular flexibility index (Phi) is 4.34. The molecule has 1 aliphatic carbocycles. The first-order chi connectivity index (χ1) is 10.3. The molecule has 4 nitrogen and oxygen atoms in total. The van der Waals surface area contributed by atoms with Gasteiger partial charge in [-0.1, -0.05) is 31.0 Å². The maximum absolute atomic E-state index is 11.9. The van der Waals surface area contributed by atoms with Gasteiger partial charge in [0.25, 0.3) is 0 Å². The first kappa shape index (κ1) is 13.9. The summed E-state index contributed by atoms with van der Waals surface area (Å²) >= 11 is 0. The summed E-state index contributed by atoms with van der Waals surface area (Å²) in [5.74, 6) is 0.776. The number of Topliss-reactive ketones (excluding diaryl/α,β-unsaturated/α-hetero) is 1. The molecule has 0 N–H and O–H groups in total. The number of hydrogen-bond acceptors (Lipinski definition) is 3. The van der Waals surface area contributed by atoms with Gasteiger partial charge in [-0.3, -0.25) is 9.48 Å². The third-order valence-corrected chi connectivity index (χ3v) is 3.88. The molecule has 4 heteroatoms. The number of aromatic nitrogens is 2. The van der Waals surface area contributed by atoms with Gasteiger partial charge < -0.3 is 4.74 Å². The molecule has 1 aromatic carbocycles. The van der Waals surface area contributed by atoms with Crippen LogP contribution in [0.1, 0.15) is 37.4 Å². The molecule has 21 heavy (non-hydrogen) atoms. The van der Waals surface area contributed by atoms with Crippen molar-refractivity contribution in [2.75, 3.05) is 6.61 Å². The fourth-order valence-corrected chi connectivity index (χ4v) is 2.78. The highest BCUT2D eigenvalue weighted by molar-refractivity contribution is 5.81. The zero-order chi connectivity index (χ0) is 14.5. The molecule has 0 unspecified atom stereocenters. The van der Waals surface area contributed by atoms with Crippen LogP contribution in [0.5, 0.6) is 5.75 Å². The van der Waals surface area contributed by atoms with Gasteiger partial charge in [-0.15, -0.1) is 0 Å². The lowest BCUT2D eigenvalue weighted by Crippen LogP contribution is -2.14. The lowest BCUT2D eigenvalue weighted by atomic mass is 10.2. The third kappa shape index (κ3) is 3.72. The lowest BCUT2D eigenvalue weighted by Gasteiger charge is -2.08. The minimum absolute atomic E-state index is 0.0514. The number of para-hydroxylation sites is 1. The van der Waals surface area contributed by atoms with Crippen LogP contribution in [0.15, 0.2) is 42.6 Å². The predicted molar refractivity (Wildman–Crippen MR) is 80.4 cm³/mol. The molecule has 0 aliphatic heterocycles. The molecule has 0 atom stereocenters. The molecule has 1 fully saturated rings. The maximum atomic E-state index is 11.9. The van der Waals surface area contributed by atoms with E-state index in [4.69, 9.17) is 4.74 Å². The van der Waals surface area contributed by atoms with Crippen LogP contribution in [0.25, 0.3) is 0 Å². The van der Waals surface area contributed by atoms with Crippen molar-refractivity contribution in [1.82, 2.24) is 9.78 Å². The minimum atomic E-state index is 0.0514. The Morgan fingerprint density at radius 1 is 1.19 bits per heavy atom. The molecule has 1 aromatic heterocycles. The van der Waals surface area contributed by atoms with Crippen LogP contribution in [-0.2, 0) is 11.2 Å². The summed E-state index contributed by atoms with van der Waals surface area (Å²) in [5.41, 5.74) is 0.837. The smallest absolute Gasteiger partial charge is 0.176 e. The largest absolute Gasteiger partial charge is 0.486 e. The average molecular weight is 284 g/mol. The molecule has 0 saturated heterocycles. The highest BCUT2D eigenvalue weighted by atomic mass is 16.5. The van der Waals surface area contributed by atoms with Crippen LogP contribution in [0.4, 0.5) is 0 Å². The highest BCUT2D eigenvalue weighted by Crippen LogP contribution is 2.28. The van der Waals surface area contributed by atoms with E-state index in [1.807, 2.05) is 47.3 Å². The number of carbonyl (C=O) groups is 1. The van der Waals surface area contributed by atoms with Crippen molar-refractivity contribution >= 4 is 5.78 Å². The number of benzene rings is 1. The van der Waals surface area contributed by atoms with Crippen molar-refractivity contribution in [1.29, 1.82) is 0 Å². The summed E-state index contributed by atoms with van der Waals surface area (Å²) in [6.07, 6.45) is 7.30. The van der Waals surface area contributed by atoms with E-state index in [1.165, 1.54) is 25.7 Å². The van der Waals surface area contributed by atoms with Gasteiger partial charge in [0.1, 0.15) is 12.4 Å². The predicted octanol–water partition coefficient (Wildman–Crippen LogP) is 3.19. The first-order valence-electron chi connectivity index (χ1n) is 7.55. The molecule has 3 rings (SSSR count). The Morgan fingerprint density at radius 2 is 1.95 bits per heavy atom. The van der Waals surface area contributed by atoms with Crippen LogP contribution in [0, 0.1) is 0 Å². The second-order valence-corrected chi connectivity index (χ2v) is 5.54. The van der Waals surface area contributed by atoms with Gasteiger partial charge in [-0.2, -0.15) is 5.10 Å². The number of carbonyl (C=O) groups excluding carboxylic acids is 1. The molecule has 1 aliphatic rings. The van der Waals surface area contributed by atoms with E-state index in [0.717, 1.165) is 11.4 Å². The van der Waals surface area contributed by atoms with Crippen molar-refractivity contribution in [3.05, 3.63) is 48.3 Å². The van der Waals surface area contributed by atoms with Crippen LogP contribution < -0.4 is 4.74 Å². The van der Waals surface area contributed by atoms with E-state index in [9.17, 15) is 4.79 Å². The van der Waals surface area contributed by atoms with E-state index in [0.29, 0.717) is 12.5 Å². The number of ether oxygens (including phenoxy) is 1. The molecule has 0 spiro atoms. The quantitative estimate of drug-likeness (QED) is 0.818. The van der Waals surface area contributed by atoms with Crippen LogP contribution in [0.2, 0.25) is 0 Å². The van der Waals surface area contributed by atoms with Gasteiger partial charge in [0, 0.05) is 6.20 Å². The minimum Gasteiger partial charge on any atom is -0.486 e. The number of nitrogens with zero attached hydrogens (tertiary/aromatic N) is 2. The zero-order valence-electron chi connectivity index (χ0n) is 12.1. The summed E-state index contributed by atoms with van der Waals surface area (Å²) in [6, 6.07) is 11.9. The van der Waals surface area contributed by atoms with Gasteiger partial charge in [-0.05, 0) is 31.0 Å². The van der Waals surface area contributed by atoms with Gasteiger partial charge >= 0.3 is 0 Å². The normalized spacial score (nSPS) is 15.2. The second kappa shape index (κ2) is 6.57. The molecule has 0 amide bonds. The zero-order valence-corrected chi connectivity index (χ0v) is 12.1. The summed E-state index contributed by atoms with van der Waals surface area (Å²) in [4.78, 5) is 11.9. The Balaban J connectivity index is 1.50. The average Bonchev–Trinajstić information content (AvgIpc) is 3.17. The maximum Gasteiger partial charge on any atom is 0.176 e. The number of ketones is 1. The Labute approximate surface area is 124 Å². The summed E-state index contributed by atoms with van der Waals surface area (Å²) in [6.45, 7) is 0.0975. The van der Waals surface area contributed by atoms with E-state index < -0.39 is 0 Å². The molecular weight excluding hydrogens is 264 g/mol. The molecule has 0 radical (unpaired) electrons. The molecule has 2 aromatic rings. The standard InChI is InChI=1S/C17H20N2O2/c20-16(13-21-17-8-2-1-3-9-17)12-14-10-11-19(18-14)15-6-4-5-7-15/h1-3,8-11,15H,4-7,12-13H2. The highest BCUT2D eigenvalue weighted by Gasteiger charge is 2.18. The lowest BCUT2D eigenvalue weighted by molar-refractivity contribution is -0.120. The molecule has 110 valence electrons. The Hall–Kier alpha value is -2.10. The van der Waals surface area contributed by atoms with E-state index in [2.05, 4.69) is 5.10 Å². The van der Waals surface area contributed by atoms with Crippen LogP contribution >= 0.6 is 0 Å². The van der Waals surface area contributed by atoms with Crippen molar-refractivity contribution in [3.8, 4) is 5.75 Å². The van der Waals surface area contributed by atoms with Crippen molar-refractivity contribution in [3.63, 3.8) is 0 Å². The molecule has 0 bridgehead atoms. The van der Waals surface area contributed by atoms with Gasteiger partial charge in [0.15, 0.2) is 5.78 Å². The second-order valence-electron chi connectivity index (χ2n) is 5.54. The fourth-order valence-electron chi connectivity index (χ4n) is 2.78. The Morgan fingerprint density at radius 3 is 2.71 bits per heavy atom. The van der Waals surface area contributed by atoms with Gasteiger partial charge in [0.2, 0.25) is 0 Å². The third-order valence-electron chi connectivity index (χ3n) is 3.88. The van der Waals surface area contributed by atoms with Crippen molar-refractivity contribution in [2.45, 2.75) is 38.1 Å². The van der Waals surface area contributed by atoms with Crippen LogP contribution in [0.3, 0.4) is 0 Å². The van der Waals surface area contributed by atoms with Crippen molar-refractivity contribution < 1.29 is 9.53 Å². The summed E-state index contributed by atoms with van der Waals surface area (Å²) in [7, 11) is 0. The summed E-state index contributed by atoms with van der Waals surface area (Å²) < 4.78 is 7.48. The van der Waals surface area contributed by atoms with Crippen LogP contribution in [-0.4, -0.2) is 22.2 Å². The van der Waals surface area contributed by atoms with Crippen molar-refractivity contribution in [2.24, 2.45) is 0 Å². The van der Waals surface area contributed by atoms with E-state index in [1.54, 1.807) is 0 Å². The van der Waals surface area contributed by atoms with E-state index in [-0.39, 0.29) is 12.4 Å². The number of hydrogen-bond donors (Lipinski definition) is 0. The molecule has 1 heterocycles. The number of rotatable bonds is 6. The van der Waals surface area contributed by atoms with Gasteiger partial charge in [0.05, 0.1) is 18.2 Å². The topological polar surface area (TPSA) is 44.1 Å². The van der Waals surface area contributed by atoms with Gasteiger partial charge in [-0.25, -0.2) is 0 Å². The molecular formula is C17H20N2O2. The van der Waals surface area contributed by atoms with E-state index >= 15 is 0 Å². The monoisotopic (exact) mass is 284 g/mol. The first-order valence-corrected chi connectivity index (χ1v) is 7.55. The fraction of sp³-hybridized carbons (Fsp3) is 0.412.